The number of carbonyl (C=O) groups is 2. The zero-order valence-corrected chi connectivity index (χ0v) is 10.2. The lowest BCUT2D eigenvalue weighted by atomic mass is 10.2. The highest BCUT2D eigenvalue weighted by molar-refractivity contribution is 5.93. The van der Waals surface area contributed by atoms with Gasteiger partial charge in [-0.25, -0.2) is 4.98 Å². The van der Waals surface area contributed by atoms with E-state index in [4.69, 9.17) is 9.84 Å². The predicted molar refractivity (Wildman–Crippen MR) is 64.6 cm³/mol. The molecule has 1 aromatic heterocycles. The van der Waals surface area contributed by atoms with Crippen LogP contribution in [0.3, 0.4) is 0 Å². The molecule has 0 saturated carbocycles. The minimum absolute atomic E-state index is 0.0435. The lowest BCUT2D eigenvalue weighted by Gasteiger charge is -2.05. The summed E-state index contributed by atoms with van der Waals surface area (Å²) in [6.45, 7) is 2.71. The fourth-order valence-corrected chi connectivity index (χ4v) is 1.29. The summed E-state index contributed by atoms with van der Waals surface area (Å²) in [5.74, 6) is -0.664. The molecule has 6 heteroatoms. The molecule has 0 bridgehead atoms. The number of nitrogens with zero attached hydrogens (tertiary/aromatic N) is 1. The second-order valence-corrected chi connectivity index (χ2v) is 3.57. The van der Waals surface area contributed by atoms with Gasteiger partial charge in [-0.1, -0.05) is 0 Å². The maximum atomic E-state index is 11.6. The van der Waals surface area contributed by atoms with Crippen LogP contribution >= 0.6 is 0 Å². The smallest absolute Gasteiger partial charge is 0.303 e. The fourth-order valence-electron chi connectivity index (χ4n) is 1.29. The van der Waals surface area contributed by atoms with Crippen molar-refractivity contribution in [3.8, 4) is 5.88 Å². The van der Waals surface area contributed by atoms with E-state index < -0.39 is 5.97 Å². The SMILES string of the molecule is CCOc1ccc(C(=O)NCCCC(=O)O)cn1. The van der Waals surface area contributed by atoms with Crippen LogP contribution in [0, 0.1) is 0 Å². The number of aliphatic carboxylic acids is 1. The highest BCUT2D eigenvalue weighted by Crippen LogP contribution is 2.07. The third-order valence-corrected chi connectivity index (χ3v) is 2.14. The summed E-state index contributed by atoms with van der Waals surface area (Å²) < 4.78 is 5.16. The van der Waals surface area contributed by atoms with E-state index in [1.165, 1.54) is 6.20 Å². The van der Waals surface area contributed by atoms with E-state index in [0.717, 1.165) is 0 Å². The van der Waals surface area contributed by atoms with E-state index in [9.17, 15) is 9.59 Å². The number of carboxylic acid groups (broad SMARTS) is 1. The van der Waals surface area contributed by atoms with Crippen molar-refractivity contribution in [2.45, 2.75) is 19.8 Å². The van der Waals surface area contributed by atoms with Crippen molar-refractivity contribution in [2.24, 2.45) is 0 Å². The number of ether oxygens (including phenoxy) is 1. The fraction of sp³-hybridized carbons (Fsp3) is 0.417. The van der Waals surface area contributed by atoms with E-state index in [-0.39, 0.29) is 12.3 Å². The molecule has 1 aromatic rings. The Kier molecular flexibility index (Phi) is 5.63. The maximum Gasteiger partial charge on any atom is 0.303 e. The summed E-state index contributed by atoms with van der Waals surface area (Å²) in [6.07, 6.45) is 1.88. The molecule has 0 aliphatic carbocycles. The van der Waals surface area contributed by atoms with Crippen molar-refractivity contribution in [3.63, 3.8) is 0 Å². The summed E-state index contributed by atoms with van der Waals surface area (Å²) >= 11 is 0. The third-order valence-electron chi connectivity index (χ3n) is 2.14. The zero-order chi connectivity index (χ0) is 13.4. The average Bonchev–Trinajstić information content (AvgIpc) is 2.35. The standard InChI is InChI=1S/C12H16N2O4/c1-2-18-10-6-5-9(8-14-10)12(17)13-7-3-4-11(15)16/h5-6,8H,2-4,7H2,1H3,(H,13,17)(H,15,16). The molecule has 18 heavy (non-hydrogen) atoms. The largest absolute Gasteiger partial charge is 0.481 e. The number of pyridine rings is 1. The molecule has 0 aromatic carbocycles. The number of nitrogens with one attached hydrogen (secondary N) is 1. The van der Waals surface area contributed by atoms with Crippen LogP contribution in [-0.2, 0) is 4.79 Å². The normalized spacial score (nSPS) is 9.83. The minimum atomic E-state index is -0.869. The van der Waals surface area contributed by atoms with Gasteiger partial charge in [-0.05, 0) is 19.4 Å². The van der Waals surface area contributed by atoms with Crippen molar-refractivity contribution in [3.05, 3.63) is 23.9 Å². The number of aromatic nitrogens is 1. The first-order chi connectivity index (χ1) is 8.63. The lowest BCUT2D eigenvalue weighted by Crippen LogP contribution is -2.25. The molecule has 0 aliphatic heterocycles. The minimum Gasteiger partial charge on any atom is -0.481 e. The van der Waals surface area contributed by atoms with Crippen LogP contribution in [0.15, 0.2) is 18.3 Å². The molecule has 0 atom stereocenters. The Labute approximate surface area is 105 Å². The first-order valence-electron chi connectivity index (χ1n) is 5.72. The van der Waals surface area contributed by atoms with E-state index in [2.05, 4.69) is 10.3 Å². The summed E-state index contributed by atoms with van der Waals surface area (Å²) in [4.78, 5) is 25.9. The molecule has 1 heterocycles. The van der Waals surface area contributed by atoms with Crippen LogP contribution in [0.4, 0.5) is 0 Å². The van der Waals surface area contributed by atoms with Gasteiger partial charge in [0.25, 0.3) is 5.91 Å². The summed E-state index contributed by atoms with van der Waals surface area (Å²) in [5, 5.41) is 11.1. The molecular weight excluding hydrogens is 236 g/mol. The number of hydrogen-bond acceptors (Lipinski definition) is 4. The highest BCUT2D eigenvalue weighted by Gasteiger charge is 2.06. The van der Waals surface area contributed by atoms with Gasteiger partial charge in [0.1, 0.15) is 0 Å². The Hall–Kier alpha value is -2.11. The third kappa shape index (κ3) is 4.82. The van der Waals surface area contributed by atoms with Crippen molar-refractivity contribution >= 4 is 11.9 Å². The summed E-state index contributed by atoms with van der Waals surface area (Å²) in [5.41, 5.74) is 0.425. The zero-order valence-electron chi connectivity index (χ0n) is 10.2. The highest BCUT2D eigenvalue weighted by atomic mass is 16.5. The number of hydrogen-bond donors (Lipinski definition) is 2. The van der Waals surface area contributed by atoms with Gasteiger partial charge in [-0.2, -0.15) is 0 Å². The van der Waals surface area contributed by atoms with Crippen molar-refractivity contribution in [2.75, 3.05) is 13.2 Å². The molecule has 1 rings (SSSR count). The molecule has 2 N–H and O–H groups in total. The van der Waals surface area contributed by atoms with Crippen molar-refractivity contribution < 1.29 is 19.4 Å². The second-order valence-electron chi connectivity index (χ2n) is 3.57. The van der Waals surface area contributed by atoms with Gasteiger partial charge < -0.3 is 15.2 Å². The molecule has 6 nitrogen and oxygen atoms in total. The van der Waals surface area contributed by atoms with Crippen molar-refractivity contribution in [1.29, 1.82) is 0 Å². The van der Waals surface area contributed by atoms with E-state index >= 15 is 0 Å². The van der Waals surface area contributed by atoms with E-state index in [1.54, 1.807) is 12.1 Å². The monoisotopic (exact) mass is 252 g/mol. The molecular formula is C12H16N2O4. The van der Waals surface area contributed by atoms with Crippen LogP contribution in [0.2, 0.25) is 0 Å². The first-order valence-corrected chi connectivity index (χ1v) is 5.72. The second kappa shape index (κ2) is 7.26. The Morgan fingerprint density at radius 1 is 1.44 bits per heavy atom. The van der Waals surface area contributed by atoms with Crippen LogP contribution in [0.25, 0.3) is 0 Å². The summed E-state index contributed by atoms with van der Waals surface area (Å²) in [6, 6.07) is 3.24. The van der Waals surface area contributed by atoms with Crippen LogP contribution in [0.5, 0.6) is 5.88 Å². The molecule has 0 aliphatic rings. The average molecular weight is 252 g/mol. The predicted octanol–water partition coefficient (Wildman–Crippen LogP) is 1.07. The van der Waals surface area contributed by atoms with Gasteiger partial charge in [-0.15, -0.1) is 0 Å². The Balaban J connectivity index is 2.39. The lowest BCUT2D eigenvalue weighted by molar-refractivity contribution is -0.137. The first kappa shape index (κ1) is 14.0. The van der Waals surface area contributed by atoms with Gasteiger partial charge in [0, 0.05) is 25.2 Å². The molecule has 1 amide bonds. The number of rotatable bonds is 7. The number of carboxylic acids is 1. The quantitative estimate of drug-likeness (QED) is 0.709. The van der Waals surface area contributed by atoms with Gasteiger partial charge >= 0.3 is 5.97 Å². The number of amides is 1. The van der Waals surface area contributed by atoms with E-state index in [0.29, 0.717) is 31.0 Å². The van der Waals surface area contributed by atoms with Gasteiger partial charge in [0.15, 0.2) is 0 Å². The number of carbonyl (C=O) groups excluding carboxylic acids is 1. The maximum absolute atomic E-state index is 11.6. The van der Waals surface area contributed by atoms with Gasteiger partial charge in [-0.3, -0.25) is 9.59 Å². The molecule has 0 saturated heterocycles. The Bertz CT molecular complexity index is 403. The van der Waals surface area contributed by atoms with E-state index in [1.807, 2.05) is 6.92 Å². The Morgan fingerprint density at radius 3 is 2.78 bits per heavy atom. The van der Waals surface area contributed by atoms with Gasteiger partial charge in [0.2, 0.25) is 5.88 Å². The van der Waals surface area contributed by atoms with Crippen LogP contribution < -0.4 is 10.1 Å². The summed E-state index contributed by atoms with van der Waals surface area (Å²) in [7, 11) is 0. The molecule has 0 radical (unpaired) electrons. The van der Waals surface area contributed by atoms with Gasteiger partial charge in [0.05, 0.1) is 12.2 Å². The molecule has 98 valence electrons. The molecule has 0 unspecified atom stereocenters. The molecule has 0 fully saturated rings. The molecule has 0 spiro atoms. The Morgan fingerprint density at radius 2 is 2.22 bits per heavy atom. The van der Waals surface area contributed by atoms with Crippen molar-refractivity contribution in [1.82, 2.24) is 10.3 Å². The topological polar surface area (TPSA) is 88.5 Å². The van der Waals surface area contributed by atoms with Crippen LogP contribution in [0.1, 0.15) is 30.1 Å². The van der Waals surface area contributed by atoms with Crippen LogP contribution in [-0.4, -0.2) is 35.1 Å².